The van der Waals surface area contributed by atoms with Crippen molar-refractivity contribution in [2.45, 2.75) is 19.4 Å². The van der Waals surface area contributed by atoms with Crippen molar-refractivity contribution in [2.24, 2.45) is 5.73 Å². The summed E-state index contributed by atoms with van der Waals surface area (Å²) in [5, 5.41) is 7.93. The molecule has 1 aliphatic heterocycles. The van der Waals surface area contributed by atoms with Gasteiger partial charge in [0.25, 0.3) is 5.91 Å². The Morgan fingerprint density at radius 1 is 1.21 bits per heavy atom. The van der Waals surface area contributed by atoms with Crippen LogP contribution >= 0.6 is 0 Å². The first-order valence-corrected chi connectivity index (χ1v) is 12.4. The number of benzene rings is 1. The number of hydrogen-bond acceptors (Lipinski definition) is 7. The third-order valence-electron chi connectivity index (χ3n) is 5.84. The second-order valence-electron chi connectivity index (χ2n) is 8.21. The van der Waals surface area contributed by atoms with Crippen LogP contribution in [0.3, 0.4) is 0 Å². The summed E-state index contributed by atoms with van der Waals surface area (Å²) in [7, 11) is -3.15. The van der Waals surface area contributed by atoms with Crippen molar-refractivity contribution in [3.05, 3.63) is 65.5 Å². The number of primary amides is 1. The second kappa shape index (κ2) is 8.10. The van der Waals surface area contributed by atoms with Gasteiger partial charge in [-0.2, -0.15) is 5.10 Å². The zero-order chi connectivity index (χ0) is 24.0. The normalized spacial score (nSPS) is 17.1. The van der Waals surface area contributed by atoms with Crippen molar-refractivity contribution in [3.8, 4) is 11.5 Å². The molecule has 10 nitrogen and oxygen atoms in total. The molecule has 34 heavy (non-hydrogen) atoms. The Balaban J connectivity index is 1.61. The van der Waals surface area contributed by atoms with Crippen LogP contribution in [0.2, 0.25) is 0 Å². The van der Waals surface area contributed by atoms with Gasteiger partial charge in [-0.3, -0.25) is 9.59 Å². The van der Waals surface area contributed by atoms with E-state index in [9.17, 15) is 18.0 Å². The van der Waals surface area contributed by atoms with Gasteiger partial charge in [-0.1, -0.05) is 0 Å². The molecule has 1 aliphatic rings. The molecular formula is C23H21N5O5S. The van der Waals surface area contributed by atoms with Gasteiger partial charge < -0.3 is 15.5 Å². The average molecular weight is 480 g/mol. The van der Waals surface area contributed by atoms with Crippen LogP contribution in [0.5, 0.6) is 0 Å². The zero-order valence-corrected chi connectivity index (χ0v) is 19.0. The number of aromatic nitrogens is 3. The number of rotatable bonds is 5. The highest BCUT2D eigenvalue weighted by atomic mass is 32.2. The largest absolute Gasteiger partial charge is 0.463 e. The number of anilines is 1. The lowest BCUT2D eigenvalue weighted by atomic mass is 10.1. The SMILES string of the molecule is Cc1nn([C@H]2CCS(=O)(=O)C2)c2nc(-c3ccco3)cc(C(=O)Nc3ccc(C(N)=O)cc3)c12. The predicted molar refractivity (Wildman–Crippen MR) is 125 cm³/mol. The molecule has 11 heteroatoms. The first kappa shape index (κ1) is 21.8. The molecule has 0 spiro atoms. The number of furan rings is 1. The number of sulfone groups is 1. The van der Waals surface area contributed by atoms with Gasteiger partial charge >= 0.3 is 0 Å². The summed E-state index contributed by atoms with van der Waals surface area (Å²) < 4.78 is 31.3. The molecular weight excluding hydrogens is 458 g/mol. The van der Waals surface area contributed by atoms with Gasteiger partial charge in [0.1, 0.15) is 5.69 Å². The van der Waals surface area contributed by atoms with Gasteiger partial charge in [-0.25, -0.2) is 18.1 Å². The Bertz CT molecular complexity index is 1520. The molecule has 3 N–H and O–H groups in total. The number of fused-ring (bicyclic) bond motifs is 1. The molecule has 4 heterocycles. The molecule has 0 bridgehead atoms. The average Bonchev–Trinajstić information content (AvgIpc) is 3.53. The Labute approximate surface area is 194 Å². The van der Waals surface area contributed by atoms with Crippen LogP contribution < -0.4 is 11.1 Å². The van der Waals surface area contributed by atoms with Crippen LogP contribution in [0.25, 0.3) is 22.5 Å². The van der Waals surface area contributed by atoms with Gasteiger partial charge in [0.15, 0.2) is 21.2 Å². The number of carbonyl (C=O) groups is 2. The Kier molecular flexibility index (Phi) is 5.20. The van der Waals surface area contributed by atoms with E-state index in [-0.39, 0.29) is 17.5 Å². The van der Waals surface area contributed by atoms with Gasteiger partial charge in [-0.15, -0.1) is 0 Å². The molecule has 1 aromatic carbocycles. The standard InChI is InChI=1S/C23H21N5O5S/c1-13-20-17(23(30)25-15-6-4-14(5-7-15)21(24)29)11-18(19-3-2-9-33-19)26-22(20)28(27-13)16-8-10-34(31,32)12-16/h2-7,9,11,16H,8,10,12H2,1H3,(H2,24,29)(H,25,30)/t16-/m0/s1. The molecule has 0 saturated carbocycles. The van der Waals surface area contributed by atoms with Crippen LogP contribution in [0, 0.1) is 6.92 Å². The van der Waals surface area contributed by atoms with E-state index in [1.54, 1.807) is 41.9 Å². The molecule has 3 aromatic heterocycles. The summed E-state index contributed by atoms with van der Waals surface area (Å²) in [6.45, 7) is 1.76. The number of pyridine rings is 1. The lowest BCUT2D eigenvalue weighted by molar-refractivity contribution is 0.0998. The minimum absolute atomic E-state index is 0.0242. The molecule has 4 aromatic rings. The molecule has 1 atom stereocenters. The summed E-state index contributed by atoms with van der Waals surface area (Å²) >= 11 is 0. The fourth-order valence-corrected chi connectivity index (χ4v) is 5.87. The quantitative estimate of drug-likeness (QED) is 0.447. The highest BCUT2D eigenvalue weighted by Crippen LogP contribution is 2.32. The zero-order valence-electron chi connectivity index (χ0n) is 18.2. The van der Waals surface area contributed by atoms with E-state index in [1.807, 2.05) is 0 Å². The van der Waals surface area contributed by atoms with Crippen molar-refractivity contribution in [3.63, 3.8) is 0 Å². The second-order valence-corrected chi connectivity index (χ2v) is 10.4. The van der Waals surface area contributed by atoms with E-state index in [0.29, 0.717) is 51.4 Å². The van der Waals surface area contributed by atoms with Gasteiger partial charge in [-0.05, 0) is 55.8 Å². The van der Waals surface area contributed by atoms with Crippen LogP contribution in [0.15, 0.2) is 53.1 Å². The summed E-state index contributed by atoms with van der Waals surface area (Å²) in [5.74, 6) is -0.442. The maximum absolute atomic E-state index is 13.4. The third kappa shape index (κ3) is 3.94. The van der Waals surface area contributed by atoms with Gasteiger partial charge in [0.05, 0.1) is 40.5 Å². The third-order valence-corrected chi connectivity index (χ3v) is 7.59. The molecule has 2 amide bonds. The van der Waals surface area contributed by atoms with E-state index >= 15 is 0 Å². The number of nitrogens with two attached hydrogens (primary N) is 1. The van der Waals surface area contributed by atoms with Crippen molar-refractivity contribution in [1.82, 2.24) is 14.8 Å². The number of nitrogens with zero attached hydrogens (tertiary/aromatic N) is 3. The highest BCUT2D eigenvalue weighted by molar-refractivity contribution is 7.91. The van der Waals surface area contributed by atoms with Gasteiger partial charge in [0, 0.05) is 11.3 Å². The number of amides is 2. The molecule has 5 rings (SSSR count). The maximum atomic E-state index is 13.4. The number of aryl methyl sites for hydroxylation is 1. The van der Waals surface area contributed by atoms with E-state index < -0.39 is 21.7 Å². The maximum Gasteiger partial charge on any atom is 0.256 e. The van der Waals surface area contributed by atoms with E-state index in [1.165, 1.54) is 18.4 Å². The van der Waals surface area contributed by atoms with Crippen LogP contribution in [-0.4, -0.2) is 46.5 Å². The fourth-order valence-electron chi connectivity index (χ4n) is 4.18. The van der Waals surface area contributed by atoms with Crippen molar-refractivity contribution in [2.75, 3.05) is 16.8 Å². The van der Waals surface area contributed by atoms with E-state index in [4.69, 9.17) is 15.1 Å². The first-order valence-electron chi connectivity index (χ1n) is 10.6. The summed E-state index contributed by atoms with van der Waals surface area (Å²) in [4.78, 5) is 29.4. The monoisotopic (exact) mass is 479 g/mol. The molecule has 1 saturated heterocycles. The molecule has 1 fully saturated rings. The molecule has 0 unspecified atom stereocenters. The van der Waals surface area contributed by atoms with E-state index in [0.717, 1.165) is 0 Å². The van der Waals surface area contributed by atoms with Gasteiger partial charge in [0.2, 0.25) is 5.91 Å². The van der Waals surface area contributed by atoms with Crippen molar-refractivity contribution < 1.29 is 22.4 Å². The molecule has 0 radical (unpaired) electrons. The van der Waals surface area contributed by atoms with Crippen LogP contribution in [-0.2, 0) is 9.84 Å². The summed E-state index contributed by atoms with van der Waals surface area (Å²) in [6, 6.07) is 10.9. The van der Waals surface area contributed by atoms with Crippen LogP contribution in [0.1, 0.15) is 38.9 Å². The smallest absolute Gasteiger partial charge is 0.256 e. The lowest BCUT2D eigenvalue weighted by Crippen LogP contribution is -2.15. The van der Waals surface area contributed by atoms with Crippen molar-refractivity contribution in [1.29, 1.82) is 0 Å². The lowest BCUT2D eigenvalue weighted by Gasteiger charge is -2.12. The number of nitrogens with one attached hydrogen (secondary N) is 1. The van der Waals surface area contributed by atoms with Crippen LogP contribution in [0.4, 0.5) is 5.69 Å². The number of hydrogen-bond donors (Lipinski definition) is 2. The Hall–Kier alpha value is -3.99. The fraction of sp³-hybridized carbons (Fsp3) is 0.217. The summed E-state index contributed by atoms with van der Waals surface area (Å²) in [6.07, 6.45) is 1.94. The topological polar surface area (TPSA) is 150 Å². The van der Waals surface area contributed by atoms with E-state index in [2.05, 4.69) is 10.4 Å². The minimum atomic E-state index is -3.15. The molecule has 174 valence electrons. The highest BCUT2D eigenvalue weighted by Gasteiger charge is 2.32. The Morgan fingerprint density at radius 2 is 1.97 bits per heavy atom. The first-order chi connectivity index (χ1) is 16.2. The van der Waals surface area contributed by atoms with Crippen molar-refractivity contribution >= 4 is 38.4 Å². The Morgan fingerprint density at radius 3 is 2.59 bits per heavy atom. The predicted octanol–water partition coefficient (Wildman–Crippen LogP) is 2.71. The molecule has 0 aliphatic carbocycles. The minimum Gasteiger partial charge on any atom is -0.463 e. The summed E-state index contributed by atoms with van der Waals surface area (Å²) in [5.41, 5.74) is 7.81. The number of carbonyl (C=O) groups excluding carboxylic acids is 2.